The number of likely N-dealkylation sites (tertiary alicyclic amines) is 1. The monoisotopic (exact) mass is 358 g/mol. The second-order valence-corrected chi connectivity index (χ2v) is 7.06. The van der Waals surface area contributed by atoms with Gasteiger partial charge in [-0.05, 0) is 39.0 Å². The molecule has 1 aliphatic heterocycles. The molecule has 2 rings (SSSR count). The number of anilines is 1. The van der Waals surface area contributed by atoms with Crippen LogP contribution >= 0.6 is 11.6 Å². The molecular formula is C16H20ClFN2O4. The van der Waals surface area contributed by atoms with Crippen LogP contribution in [0.4, 0.5) is 14.9 Å². The van der Waals surface area contributed by atoms with Gasteiger partial charge in [-0.15, -0.1) is 0 Å². The number of rotatable bonds is 2. The maximum atomic E-state index is 13.2. The number of halogens is 2. The van der Waals surface area contributed by atoms with Crippen molar-refractivity contribution in [2.45, 2.75) is 44.9 Å². The van der Waals surface area contributed by atoms with Crippen LogP contribution in [0.1, 0.15) is 27.2 Å². The highest BCUT2D eigenvalue weighted by Gasteiger charge is 2.40. The molecule has 1 fully saturated rings. The van der Waals surface area contributed by atoms with E-state index in [4.69, 9.17) is 16.3 Å². The molecule has 2 N–H and O–H groups in total. The van der Waals surface area contributed by atoms with Crippen molar-refractivity contribution in [1.29, 1.82) is 0 Å². The molecule has 0 saturated carbocycles. The van der Waals surface area contributed by atoms with Crippen molar-refractivity contribution in [1.82, 2.24) is 4.90 Å². The number of nitrogens with one attached hydrogen (secondary N) is 1. The first kappa shape index (κ1) is 18.5. The number of hydrogen-bond acceptors (Lipinski definition) is 4. The Morgan fingerprint density at radius 2 is 2.08 bits per heavy atom. The minimum Gasteiger partial charge on any atom is -0.444 e. The largest absolute Gasteiger partial charge is 0.444 e. The number of hydrogen-bond donors (Lipinski definition) is 2. The first-order chi connectivity index (χ1) is 11.1. The standard InChI is InChI=1S/C16H20ClFN2O4/c1-16(2,3)24-15(23)20-8-10(21)7-13(20)14(22)19-9-4-5-12(18)11(17)6-9/h4-6,10,13,21H,7-8H2,1-3H3,(H,19,22)/t10-,13-/m0/s1. The van der Waals surface area contributed by atoms with Gasteiger partial charge in [-0.1, -0.05) is 11.6 Å². The number of aliphatic hydroxyl groups excluding tert-OH is 1. The number of carbonyl (C=O) groups excluding carboxylic acids is 2. The number of amides is 2. The molecule has 0 radical (unpaired) electrons. The lowest BCUT2D eigenvalue weighted by molar-refractivity contribution is -0.120. The van der Waals surface area contributed by atoms with E-state index < -0.39 is 35.6 Å². The Labute approximate surface area is 144 Å². The third kappa shape index (κ3) is 4.58. The topological polar surface area (TPSA) is 78.9 Å². The highest BCUT2D eigenvalue weighted by molar-refractivity contribution is 6.31. The molecule has 1 aromatic rings. The average Bonchev–Trinajstić information content (AvgIpc) is 2.83. The maximum absolute atomic E-state index is 13.2. The Morgan fingerprint density at radius 1 is 1.42 bits per heavy atom. The van der Waals surface area contributed by atoms with E-state index in [1.807, 2.05) is 0 Å². The normalized spacial score (nSPS) is 20.8. The summed E-state index contributed by atoms with van der Waals surface area (Å²) in [6, 6.07) is 2.89. The Kier molecular flexibility index (Phi) is 5.35. The molecule has 0 spiro atoms. The molecule has 1 heterocycles. The molecule has 2 atom stereocenters. The van der Waals surface area contributed by atoms with Gasteiger partial charge < -0.3 is 15.2 Å². The van der Waals surface area contributed by atoms with Crippen LogP contribution in [0.15, 0.2) is 18.2 Å². The van der Waals surface area contributed by atoms with E-state index in [9.17, 15) is 19.1 Å². The van der Waals surface area contributed by atoms with Gasteiger partial charge in [0.25, 0.3) is 0 Å². The lowest BCUT2D eigenvalue weighted by atomic mass is 10.2. The van der Waals surface area contributed by atoms with Gasteiger partial charge in [0.1, 0.15) is 17.5 Å². The Balaban J connectivity index is 2.10. The van der Waals surface area contributed by atoms with Crippen molar-refractivity contribution in [3.8, 4) is 0 Å². The predicted molar refractivity (Wildman–Crippen MR) is 87.4 cm³/mol. The zero-order chi connectivity index (χ0) is 18.1. The van der Waals surface area contributed by atoms with Crippen LogP contribution < -0.4 is 5.32 Å². The summed E-state index contributed by atoms with van der Waals surface area (Å²) in [7, 11) is 0. The van der Waals surface area contributed by atoms with Gasteiger partial charge in [0.05, 0.1) is 17.7 Å². The molecule has 2 amide bonds. The zero-order valence-corrected chi connectivity index (χ0v) is 14.4. The number of carbonyl (C=O) groups is 2. The van der Waals surface area contributed by atoms with Crippen molar-refractivity contribution in [3.63, 3.8) is 0 Å². The van der Waals surface area contributed by atoms with Crippen molar-refractivity contribution in [2.75, 3.05) is 11.9 Å². The summed E-state index contributed by atoms with van der Waals surface area (Å²) in [5.41, 5.74) is -0.409. The summed E-state index contributed by atoms with van der Waals surface area (Å²) in [6.45, 7) is 5.16. The molecule has 0 bridgehead atoms. The number of nitrogens with zero attached hydrogens (tertiary/aromatic N) is 1. The lowest BCUT2D eigenvalue weighted by Crippen LogP contribution is -2.45. The van der Waals surface area contributed by atoms with Crippen molar-refractivity contribution in [2.24, 2.45) is 0 Å². The van der Waals surface area contributed by atoms with Crippen molar-refractivity contribution >= 4 is 29.3 Å². The highest BCUT2D eigenvalue weighted by atomic mass is 35.5. The van der Waals surface area contributed by atoms with E-state index in [0.29, 0.717) is 5.69 Å². The number of β-amino-alcohol motifs (C(OH)–C–C–N with tert-alkyl or cyclic N) is 1. The van der Waals surface area contributed by atoms with Crippen LogP contribution in [0.3, 0.4) is 0 Å². The summed E-state index contributed by atoms with van der Waals surface area (Å²) < 4.78 is 18.4. The maximum Gasteiger partial charge on any atom is 0.411 e. The lowest BCUT2D eigenvalue weighted by Gasteiger charge is -2.27. The molecule has 6 nitrogen and oxygen atoms in total. The van der Waals surface area contributed by atoms with Gasteiger partial charge in [0.15, 0.2) is 0 Å². The van der Waals surface area contributed by atoms with E-state index in [2.05, 4.69) is 5.32 Å². The molecule has 1 aliphatic rings. The van der Waals surface area contributed by atoms with E-state index in [1.54, 1.807) is 20.8 Å². The molecule has 132 valence electrons. The fraction of sp³-hybridized carbons (Fsp3) is 0.500. The van der Waals surface area contributed by atoms with Gasteiger partial charge in [0.2, 0.25) is 5.91 Å². The number of aliphatic hydroxyl groups is 1. The molecule has 1 aromatic carbocycles. The summed E-state index contributed by atoms with van der Waals surface area (Å²) in [5, 5.41) is 12.3. The quantitative estimate of drug-likeness (QED) is 0.852. The van der Waals surface area contributed by atoms with Crippen LogP contribution in [-0.2, 0) is 9.53 Å². The molecule has 8 heteroatoms. The Morgan fingerprint density at radius 3 is 2.67 bits per heavy atom. The molecule has 24 heavy (non-hydrogen) atoms. The van der Waals surface area contributed by atoms with Gasteiger partial charge in [-0.25, -0.2) is 9.18 Å². The van der Waals surface area contributed by atoms with Gasteiger partial charge in [-0.2, -0.15) is 0 Å². The molecule has 1 saturated heterocycles. The second kappa shape index (κ2) is 6.94. The SMILES string of the molecule is CC(C)(C)OC(=O)N1C[C@@H](O)C[C@H]1C(=O)Nc1ccc(F)c(Cl)c1. The predicted octanol–water partition coefficient (Wildman–Crippen LogP) is 2.79. The van der Waals surface area contributed by atoms with Gasteiger partial charge in [-0.3, -0.25) is 9.69 Å². The summed E-state index contributed by atoms with van der Waals surface area (Å²) in [6.07, 6.45) is -1.39. The van der Waals surface area contributed by atoms with Gasteiger partial charge in [0, 0.05) is 12.1 Å². The fourth-order valence-corrected chi connectivity index (χ4v) is 2.56. The van der Waals surface area contributed by atoms with Crippen LogP contribution in [0.5, 0.6) is 0 Å². The molecule has 0 aliphatic carbocycles. The fourth-order valence-electron chi connectivity index (χ4n) is 2.38. The second-order valence-electron chi connectivity index (χ2n) is 6.66. The molecule has 0 aromatic heterocycles. The third-order valence-corrected chi connectivity index (χ3v) is 3.69. The molecule has 0 unspecified atom stereocenters. The minimum absolute atomic E-state index is 0.0111. The van der Waals surface area contributed by atoms with Gasteiger partial charge >= 0.3 is 6.09 Å². The highest BCUT2D eigenvalue weighted by Crippen LogP contribution is 2.24. The third-order valence-electron chi connectivity index (χ3n) is 3.40. The van der Waals surface area contributed by atoms with E-state index in [1.165, 1.54) is 17.0 Å². The summed E-state index contributed by atoms with van der Waals surface area (Å²) in [4.78, 5) is 25.8. The van der Waals surface area contributed by atoms with Crippen LogP contribution in [-0.4, -0.2) is 46.3 Å². The Hall–Kier alpha value is -1.86. The first-order valence-electron chi connectivity index (χ1n) is 7.50. The summed E-state index contributed by atoms with van der Waals surface area (Å²) >= 11 is 5.68. The van der Waals surface area contributed by atoms with Crippen molar-refractivity contribution in [3.05, 3.63) is 29.0 Å². The first-order valence-corrected chi connectivity index (χ1v) is 7.88. The molecular weight excluding hydrogens is 339 g/mol. The average molecular weight is 359 g/mol. The Bertz CT molecular complexity index is 647. The van der Waals surface area contributed by atoms with E-state index >= 15 is 0 Å². The van der Waals surface area contributed by atoms with Crippen LogP contribution in [0.2, 0.25) is 5.02 Å². The minimum atomic E-state index is -0.876. The zero-order valence-electron chi connectivity index (χ0n) is 13.7. The van der Waals surface area contributed by atoms with E-state index in [0.717, 1.165) is 6.07 Å². The summed E-state index contributed by atoms with van der Waals surface area (Å²) in [5.74, 6) is -1.10. The van der Waals surface area contributed by atoms with Crippen LogP contribution in [0, 0.1) is 5.82 Å². The number of ether oxygens (including phenoxy) is 1. The smallest absolute Gasteiger partial charge is 0.411 e. The number of benzene rings is 1. The van der Waals surface area contributed by atoms with E-state index in [-0.39, 0.29) is 18.0 Å². The van der Waals surface area contributed by atoms with Crippen LogP contribution in [0.25, 0.3) is 0 Å². The van der Waals surface area contributed by atoms with Crippen molar-refractivity contribution < 1.29 is 23.8 Å².